The Bertz CT molecular complexity index is 773. The number of hydrogen-bond acceptors (Lipinski definition) is 5. The van der Waals surface area contributed by atoms with E-state index in [4.69, 9.17) is 4.74 Å². The summed E-state index contributed by atoms with van der Waals surface area (Å²) in [6.07, 6.45) is 0. The van der Waals surface area contributed by atoms with Crippen LogP contribution in [0.5, 0.6) is 5.75 Å². The van der Waals surface area contributed by atoms with Crippen LogP contribution < -0.4 is 15.6 Å². The van der Waals surface area contributed by atoms with Gasteiger partial charge in [-0.05, 0) is 30.3 Å². The van der Waals surface area contributed by atoms with Crippen LogP contribution in [0.4, 0.5) is 0 Å². The molecule has 0 aliphatic carbocycles. The van der Waals surface area contributed by atoms with E-state index >= 15 is 0 Å². The number of amides is 2. The van der Waals surface area contributed by atoms with Crippen LogP contribution in [0.1, 0.15) is 31.1 Å². The lowest BCUT2D eigenvalue weighted by Crippen LogP contribution is -2.41. The van der Waals surface area contributed by atoms with Gasteiger partial charge in [-0.15, -0.1) is 0 Å². The van der Waals surface area contributed by atoms with E-state index in [0.29, 0.717) is 5.75 Å². The van der Waals surface area contributed by atoms with Gasteiger partial charge in [-0.2, -0.15) is 0 Å². The van der Waals surface area contributed by atoms with Crippen LogP contribution in [-0.4, -0.2) is 32.0 Å². The number of carbonyl (C=O) groups excluding carboxylic acids is 3. The summed E-state index contributed by atoms with van der Waals surface area (Å²) in [6, 6.07) is 12.6. The largest absolute Gasteiger partial charge is 0.496 e. The first-order chi connectivity index (χ1) is 11.6. The number of hydrazine groups is 1. The molecule has 2 amide bonds. The van der Waals surface area contributed by atoms with Crippen molar-refractivity contribution in [3.8, 4) is 5.75 Å². The summed E-state index contributed by atoms with van der Waals surface area (Å²) < 4.78 is 9.69. The van der Waals surface area contributed by atoms with Gasteiger partial charge >= 0.3 is 5.97 Å². The highest BCUT2D eigenvalue weighted by molar-refractivity contribution is 6.01. The first-order valence-corrected chi connectivity index (χ1v) is 6.99. The third-order valence-electron chi connectivity index (χ3n) is 3.19. The third-order valence-corrected chi connectivity index (χ3v) is 3.19. The van der Waals surface area contributed by atoms with Gasteiger partial charge < -0.3 is 9.47 Å². The van der Waals surface area contributed by atoms with E-state index in [2.05, 4.69) is 15.6 Å². The van der Waals surface area contributed by atoms with E-state index in [-0.39, 0.29) is 16.7 Å². The van der Waals surface area contributed by atoms with E-state index in [0.717, 1.165) is 0 Å². The highest BCUT2D eigenvalue weighted by atomic mass is 16.5. The van der Waals surface area contributed by atoms with E-state index in [9.17, 15) is 14.4 Å². The number of nitrogens with one attached hydrogen (secondary N) is 2. The van der Waals surface area contributed by atoms with E-state index in [1.54, 1.807) is 30.3 Å². The molecular formula is C17H16N2O5. The van der Waals surface area contributed by atoms with Crippen molar-refractivity contribution in [1.29, 1.82) is 0 Å². The summed E-state index contributed by atoms with van der Waals surface area (Å²) in [4.78, 5) is 35.7. The van der Waals surface area contributed by atoms with E-state index in [1.165, 1.54) is 32.4 Å². The Hall–Kier alpha value is -3.35. The second kappa shape index (κ2) is 7.77. The SMILES string of the molecule is COC(=O)c1cccc(C(=O)NNC(=O)c2ccccc2OC)c1. The normalized spacial score (nSPS) is 9.75. The highest BCUT2D eigenvalue weighted by Crippen LogP contribution is 2.16. The van der Waals surface area contributed by atoms with Crippen molar-refractivity contribution in [2.45, 2.75) is 0 Å². The Kier molecular flexibility index (Phi) is 5.51. The number of esters is 1. The molecule has 24 heavy (non-hydrogen) atoms. The maximum atomic E-state index is 12.1. The van der Waals surface area contributed by atoms with Gasteiger partial charge in [0.2, 0.25) is 0 Å². The summed E-state index contributed by atoms with van der Waals surface area (Å²) in [6.45, 7) is 0. The van der Waals surface area contributed by atoms with Crippen LogP contribution in [0.15, 0.2) is 48.5 Å². The minimum atomic E-state index is -0.566. The zero-order chi connectivity index (χ0) is 17.5. The van der Waals surface area contributed by atoms with Crippen LogP contribution in [0.2, 0.25) is 0 Å². The Morgan fingerprint density at radius 2 is 1.50 bits per heavy atom. The maximum Gasteiger partial charge on any atom is 0.337 e. The Morgan fingerprint density at radius 1 is 0.833 bits per heavy atom. The quantitative estimate of drug-likeness (QED) is 0.656. The van der Waals surface area contributed by atoms with Gasteiger partial charge in [0, 0.05) is 5.56 Å². The molecule has 2 N–H and O–H groups in total. The average Bonchev–Trinajstić information content (AvgIpc) is 2.65. The van der Waals surface area contributed by atoms with Crippen LogP contribution in [-0.2, 0) is 4.74 Å². The lowest BCUT2D eigenvalue weighted by atomic mass is 10.1. The fraction of sp³-hybridized carbons (Fsp3) is 0.118. The van der Waals surface area contributed by atoms with Crippen LogP contribution >= 0.6 is 0 Å². The average molecular weight is 328 g/mol. The second-order valence-corrected chi connectivity index (χ2v) is 4.68. The van der Waals surface area contributed by atoms with Gasteiger partial charge in [0.25, 0.3) is 11.8 Å². The first kappa shape index (κ1) is 17.0. The van der Waals surface area contributed by atoms with Crippen molar-refractivity contribution in [3.63, 3.8) is 0 Å². The second-order valence-electron chi connectivity index (χ2n) is 4.68. The Balaban J connectivity index is 2.05. The van der Waals surface area contributed by atoms with Gasteiger partial charge in [-0.3, -0.25) is 20.4 Å². The number of ether oxygens (including phenoxy) is 2. The van der Waals surface area contributed by atoms with Crippen LogP contribution in [0, 0.1) is 0 Å². The fourth-order valence-corrected chi connectivity index (χ4v) is 1.99. The molecule has 0 aliphatic heterocycles. The fourth-order valence-electron chi connectivity index (χ4n) is 1.99. The first-order valence-electron chi connectivity index (χ1n) is 6.99. The zero-order valence-electron chi connectivity index (χ0n) is 13.2. The molecule has 124 valence electrons. The Labute approximate surface area is 138 Å². The lowest BCUT2D eigenvalue weighted by molar-refractivity contribution is 0.0600. The molecule has 2 rings (SSSR count). The summed E-state index contributed by atoms with van der Waals surface area (Å²) in [5.41, 5.74) is 5.31. The van der Waals surface area contributed by atoms with Crippen LogP contribution in [0.25, 0.3) is 0 Å². The molecule has 0 spiro atoms. The predicted molar refractivity (Wildman–Crippen MR) is 85.7 cm³/mol. The molecule has 0 fully saturated rings. The summed E-state index contributed by atoms with van der Waals surface area (Å²) >= 11 is 0. The monoisotopic (exact) mass is 328 g/mol. The topological polar surface area (TPSA) is 93.7 Å². The van der Waals surface area contributed by atoms with Crippen molar-refractivity contribution in [2.24, 2.45) is 0 Å². The third kappa shape index (κ3) is 3.89. The number of methoxy groups -OCH3 is 2. The van der Waals surface area contributed by atoms with Crippen molar-refractivity contribution in [1.82, 2.24) is 10.9 Å². The molecule has 0 heterocycles. The van der Waals surface area contributed by atoms with Crippen LogP contribution in [0.3, 0.4) is 0 Å². The number of carbonyl (C=O) groups is 3. The Morgan fingerprint density at radius 3 is 2.21 bits per heavy atom. The van der Waals surface area contributed by atoms with Crippen molar-refractivity contribution in [3.05, 3.63) is 65.2 Å². The molecule has 0 unspecified atom stereocenters. The number of hydrogen-bond donors (Lipinski definition) is 2. The zero-order valence-corrected chi connectivity index (χ0v) is 13.2. The standard InChI is InChI=1S/C17H16N2O5/c1-23-14-9-4-3-8-13(14)16(21)19-18-15(20)11-6-5-7-12(10-11)17(22)24-2/h3-10H,1-2H3,(H,18,20)(H,19,21). The van der Waals surface area contributed by atoms with Gasteiger partial charge in [0.1, 0.15) is 5.75 Å². The highest BCUT2D eigenvalue weighted by Gasteiger charge is 2.14. The van der Waals surface area contributed by atoms with Gasteiger partial charge in [-0.1, -0.05) is 18.2 Å². The minimum Gasteiger partial charge on any atom is -0.496 e. The number of rotatable bonds is 4. The summed E-state index contributed by atoms with van der Waals surface area (Å²) in [5, 5.41) is 0. The summed E-state index contributed by atoms with van der Waals surface area (Å²) in [5.74, 6) is -1.26. The van der Waals surface area contributed by atoms with Crippen molar-refractivity contribution in [2.75, 3.05) is 14.2 Å². The van der Waals surface area contributed by atoms with Gasteiger partial charge in [0.15, 0.2) is 0 Å². The number of benzene rings is 2. The van der Waals surface area contributed by atoms with Gasteiger partial charge in [0.05, 0.1) is 25.3 Å². The van der Waals surface area contributed by atoms with E-state index < -0.39 is 17.8 Å². The smallest absolute Gasteiger partial charge is 0.337 e. The molecule has 0 saturated carbocycles. The maximum absolute atomic E-state index is 12.1. The summed E-state index contributed by atoms with van der Waals surface area (Å²) in [7, 11) is 2.70. The minimum absolute atomic E-state index is 0.207. The molecule has 2 aromatic rings. The van der Waals surface area contributed by atoms with Crippen molar-refractivity contribution < 1.29 is 23.9 Å². The number of para-hydroxylation sites is 1. The van der Waals surface area contributed by atoms with Crippen molar-refractivity contribution >= 4 is 17.8 Å². The predicted octanol–water partition coefficient (Wildman–Crippen LogP) is 1.56. The molecule has 0 saturated heterocycles. The molecule has 0 bridgehead atoms. The van der Waals surface area contributed by atoms with E-state index in [1.807, 2.05) is 0 Å². The molecule has 0 radical (unpaired) electrons. The molecule has 7 heteroatoms. The molecule has 2 aromatic carbocycles. The molecular weight excluding hydrogens is 312 g/mol. The molecule has 0 atom stereocenters. The molecule has 0 aliphatic rings. The molecule has 0 aromatic heterocycles. The lowest BCUT2D eigenvalue weighted by Gasteiger charge is -2.10. The van der Waals surface area contributed by atoms with Gasteiger partial charge in [-0.25, -0.2) is 4.79 Å². The molecule has 7 nitrogen and oxygen atoms in total.